The number of unbranched alkanes of at least 4 members (excludes halogenated alkanes) is 2. The van der Waals surface area contributed by atoms with E-state index in [2.05, 4.69) is 22.2 Å². The molecule has 0 saturated carbocycles. The summed E-state index contributed by atoms with van der Waals surface area (Å²) in [4.78, 5) is 20.7. The Morgan fingerprint density at radius 2 is 1.85 bits per heavy atom. The Bertz CT molecular complexity index is 881. The number of aromatic nitrogens is 2. The van der Waals surface area contributed by atoms with E-state index in [0.717, 1.165) is 30.5 Å². The van der Waals surface area contributed by atoms with E-state index >= 15 is 0 Å². The van der Waals surface area contributed by atoms with E-state index < -0.39 is 0 Å². The Morgan fingerprint density at radius 1 is 1.00 bits per heavy atom. The lowest BCUT2D eigenvalue weighted by Gasteiger charge is -2.09. The number of carbonyl (C=O) groups excluding carboxylic acids is 1. The normalized spacial score (nSPS) is 10.4. The maximum absolute atomic E-state index is 12.3. The Balaban J connectivity index is 1.69. The Labute approximate surface area is 159 Å². The fourth-order valence-electron chi connectivity index (χ4n) is 2.66. The summed E-state index contributed by atoms with van der Waals surface area (Å²) in [5, 5.41) is 2.94. The average molecular weight is 361 g/mol. The van der Waals surface area contributed by atoms with Crippen LogP contribution >= 0.6 is 0 Å². The Hall–Kier alpha value is -3.21. The number of hydrogen-bond donors (Lipinski definition) is 1. The number of carbonyl (C=O) groups is 1. The van der Waals surface area contributed by atoms with Crippen molar-refractivity contribution in [3.63, 3.8) is 0 Å². The third-order valence-corrected chi connectivity index (χ3v) is 4.10. The summed E-state index contributed by atoms with van der Waals surface area (Å²) in [5.41, 5.74) is 2.34. The minimum Gasteiger partial charge on any atom is -0.439 e. The fraction of sp³-hybridized carbons (Fsp3) is 0.227. The van der Waals surface area contributed by atoms with Gasteiger partial charge in [0.2, 0.25) is 5.88 Å². The van der Waals surface area contributed by atoms with Gasteiger partial charge >= 0.3 is 0 Å². The molecule has 0 bridgehead atoms. The van der Waals surface area contributed by atoms with Gasteiger partial charge < -0.3 is 10.1 Å². The van der Waals surface area contributed by atoms with Crippen LogP contribution in [0.3, 0.4) is 0 Å². The molecular formula is C22H23N3O2. The van der Waals surface area contributed by atoms with E-state index in [-0.39, 0.29) is 5.91 Å². The van der Waals surface area contributed by atoms with Gasteiger partial charge in [0.25, 0.3) is 5.91 Å². The quantitative estimate of drug-likeness (QED) is 0.582. The van der Waals surface area contributed by atoms with Crippen LogP contribution in [0.15, 0.2) is 67.0 Å². The highest BCUT2D eigenvalue weighted by Gasteiger charge is 2.08. The zero-order valence-corrected chi connectivity index (χ0v) is 15.4. The molecule has 0 aliphatic rings. The molecule has 0 aliphatic heterocycles. The van der Waals surface area contributed by atoms with Crippen molar-refractivity contribution >= 4 is 5.91 Å². The number of nitrogens with zero attached hydrogens (tertiary/aromatic N) is 2. The summed E-state index contributed by atoms with van der Waals surface area (Å²) in [6, 6.07) is 18.7. The molecular weight excluding hydrogens is 338 g/mol. The van der Waals surface area contributed by atoms with Crippen molar-refractivity contribution in [1.82, 2.24) is 15.3 Å². The lowest BCUT2D eigenvalue weighted by Crippen LogP contribution is -2.24. The molecule has 5 nitrogen and oxygen atoms in total. The van der Waals surface area contributed by atoms with Crippen molar-refractivity contribution in [3.05, 3.63) is 72.6 Å². The summed E-state index contributed by atoms with van der Waals surface area (Å²) in [5.74, 6) is 0.905. The average Bonchev–Trinajstić information content (AvgIpc) is 2.72. The first-order chi connectivity index (χ1) is 13.3. The van der Waals surface area contributed by atoms with Gasteiger partial charge in [-0.15, -0.1) is 0 Å². The zero-order valence-electron chi connectivity index (χ0n) is 15.4. The number of rotatable bonds is 8. The van der Waals surface area contributed by atoms with Crippen LogP contribution in [0.1, 0.15) is 36.5 Å². The van der Waals surface area contributed by atoms with Gasteiger partial charge in [-0.3, -0.25) is 4.79 Å². The first-order valence-electron chi connectivity index (χ1n) is 9.20. The highest BCUT2D eigenvalue weighted by molar-refractivity contribution is 5.94. The summed E-state index contributed by atoms with van der Waals surface area (Å²) in [6.07, 6.45) is 4.70. The molecule has 1 aromatic heterocycles. The maximum Gasteiger partial charge on any atom is 0.251 e. The third kappa shape index (κ3) is 5.38. The second-order valence-electron chi connectivity index (χ2n) is 6.20. The van der Waals surface area contributed by atoms with Gasteiger partial charge in [0.05, 0.1) is 5.69 Å². The van der Waals surface area contributed by atoms with Crippen molar-refractivity contribution in [2.24, 2.45) is 0 Å². The Morgan fingerprint density at radius 3 is 2.67 bits per heavy atom. The second kappa shape index (κ2) is 9.48. The minimum atomic E-state index is -0.0933. The molecule has 0 saturated heterocycles. The SMILES string of the molecule is CCCCCNC(=O)c1cccc(Oc2cc(-c3ccccc3)ncn2)c1. The van der Waals surface area contributed by atoms with E-state index in [1.807, 2.05) is 30.3 Å². The third-order valence-electron chi connectivity index (χ3n) is 4.10. The summed E-state index contributed by atoms with van der Waals surface area (Å²) in [7, 11) is 0. The van der Waals surface area contributed by atoms with Crippen LogP contribution in [-0.4, -0.2) is 22.4 Å². The van der Waals surface area contributed by atoms with Crippen LogP contribution in [0.4, 0.5) is 0 Å². The van der Waals surface area contributed by atoms with Gasteiger partial charge in [0, 0.05) is 23.7 Å². The predicted molar refractivity (Wildman–Crippen MR) is 106 cm³/mol. The lowest BCUT2D eigenvalue weighted by molar-refractivity contribution is 0.0952. The van der Waals surface area contributed by atoms with Gasteiger partial charge in [0.1, 0.15) is 12.1 Å². The molecule has 1 amide bonds. The first-order valence-corrected chi connectivity index (χ1v) is 9.20. The molecule has 138 valence electrons. The van der Waals surface area contributed by atoms with E-state index in [0.29, 0.717) is 23.7 Å². The van der Waals surface area contributed by atoms with Gasteiger partial charge in [0.15, 0.2) is 0 Å². The predicted octanol–water partition coefficient (Wildman–Crippen LogP) is 4.86. The van der Waals surface area contributed by atoms with E-state index in [1.165, 1.54) is 6.33 Å². The van der Waals surface area contributed by atoms with Gasteiger partial charge in [-0.1, -0.05) is 56.2 Å². The zero-order chi connectivity index (χ0) is 18.9. The van der Waals surface area contributed by atoms with Crippen molar-refractivity contribution < 1.29 is 9.53 Å². The summed E-state index contributed by atoms with van der Waals surface area (Å²) >= 11 is 0. The Kier molecular flexibility index (Phi) is 6.52. The van der Waals surface area contributed by atoms with Crippen LogP contribution in [0.25, 0.3) is 11.3 Å². The number of benzene rings is 2. The number of amides is 1. The largest absolute Gasteiger partial charge is 0.439 e. The molecule has 0 fully saturated rings. The van der Waals surface area contributed by atoms with Crippen molar-refractivity contribution in [2.45, 2.75) is 26.2 Å². The molecule has 27 heavy (non-hydrogen) atoms. The molecule has 0 aliphatic carbocycles. The topological polar surface area (TPSA) is 64.1 Å². The van der Waals surface area contributed by atoms with Gasteiger partial charge in [-0.2, -0.15) is 0 Å². The number of hydrogen-bond acceptors (Lipinski definition) is 4. The van der Waals surface area contributed by atoms with Crippen molar-refractivity contribution in [1.29, 1.82) is 0 Å². The fourth-order valence-corrected chi connectivity index (χ4v) is 2.66. The molecule has 0 spiro atoms. The van der Waals surface area contributed by atoms with Crippen LogP contribution in [-0.2, 0) is 0 Å². The second-order valence-corrected chi connectivity index (χ2v) is 6.20. The standard InChI is InChI=1S/C22H23N3O2/c1-2-3-7-13-23-22(26)18-11-8-12-19(14-18)27-21-15-20(24-16-25-21)17-9-5-4-6-10-17/h4-6,8-12,14-16H,2-3,7,13H2,1H3,(H,23,26). The van der Waals surface area contributed by atoms with Crippen molar-refractivity contribution in [3.8, 4) is 22.9 Å². The van der Waals surface area contributed by atoms with E-state index in [4.69, 9.17) is 4.74 Å². The molecule has 3 aromatic rings. The molecule has 5 heteroatoms. The maximum atomic E-state index is 12.3. The molecule has 0 atom stereocenters. The van der Waals surface area contributed by atoms with Crippen LogP contribution < -0.4 is 10.1 Å². The number of nitrogens with one attached hydrogen (secondary N) is 1. The van der Waals surface area contributed by atoms with Crippen LogP contribution in [0, 0.1) is 0 Å². The number of ether oxygens (including phenoxy) is 1. The molecule has 0 radical (unpaired) electrons. The van der Waals surface area contributed by atoms with Gasteiger partial charge in [-0.05, 0) is 24.6 Å². The van der Waals surface area contributed by atoms with E-state index in [1.54, 1.807) is 30.3 Å². The first kappa shape index (κ1) is 18.6. The van der Waals surface area contributed by atoms with E-state index in [9.17, 15) is 4.79 Å². The highest BCUT2D eigenvalue weighted by Crippen LogP contribution is 2.24. The molecule has 0 unspecified atom stereocenters. The molecule has 3 rings (SSSR count). The summed E-state index contributed by atoms with van der Waals surface area (Å²) < 4.78 is 5.84. The monoisotopic (exact) mass is 361 g/mol. The van der Waals surface area contributed by atoms with Crippen molar-refractivity contribution in [2.75, 3.05) is 6.54 Å². The smallest absolute Gasteiger partial charge is 0.251 e. The molecule has 1 heterocycles. The van der Waals surface area contributed by atoms with Gasteiger partial charge in [-0.25, -0.2) is 9.97 Å². The minimum absolute atomic E-state index is 0.0933. The van der Waals surface area contributed by atoms with Crippen LogP contribution in [0.2, 0.25) is 0 Å². The van der Waals surface area contributed by atoms with Crippen LogP contribution in [0.5, 0.6) is 11.6 Å². The molecule has 1 N–H and O–H groups in total. The highest BCUT2D eigenvalue weighted by atomic mass is 16.5. The summed E-state index contributed by atoms with van der Waals surface area (Å²) in [6.45, 7) is 2.82. The molecule has 2 aromatic carbocycles. The lowest BCUT2D eigenvalue weighted by atomic mass is 10.1.